The number of rotatable bonds is 6. The molecule has 0 spiro atoms. The molecule has 3 heteroatoms. The highest BCUT2D eigenvalue weighted by atomic mass is 16.2. The van der Waals surface area contributed by atoms with Gasteiger partial charge < -0.3 is 10.6 Å². The molecule has 3 nitrogen and oxygen atoms in total. The number of allylic oxidation sites excluding steroid dienone is 1. The van der Waals surface area contributed by atoms with Crippen LogP contribution >= 0.6 is 0 Å². The van der Waals surface area contributed by atoms with Gasteiger partial charge in [0.1, 0.15) is 0 Å². The Bertz CT molecular complexity index is 249. The number of carbonyl (C=O) groups is 1. The second kappa shape index (κ2) is 7.49. The molecule has 0 aromatic rings. The van der Waals surface area contributed by atoms with Gasteiger partial charge in [-0.15, -0.1) is 0 Å². The molecule has 0 bridgehead atoms. The molecule has 0 radical (unpaired) electrons. The molecule has 0 saturated carbocycles. The molecule has 1 fully saturated rings. The van der Waals surface area contributed by atoms with Crippen LogP contribution in [0.25, 0.3) is 0 Å². The van der Waals surface area contributed by atoms with Crippen LogP contribution in [0.5, 0.6) is 0 Å². The summed E-state index contributed by atoms with van der Waals surface area (Å²) in [6.45, 7) is 6.89. The molecule has 0 atom stereocenters. The molecule has 1 heterocycles. The lowest BCUT2D eigenvalue weighted by molar-refractivity contribution is -0.133. The molecule has 1 rings (SSSR count). The van der Waals surface area contributed by atoms with Crippen LogP contribution in [-0.2, 0) is 4.79 Å². The van der Waals surface area contributed by atoms with Crippen LogP contribution in [0.3, 0.4) is 0 Å². The van der Waals surface area contributed by atoms with Crippen molar-refractivity contribution in [1.29, 1.82) is 0 Å². The fourth-order valence-corrected chi connectivity index (χ4v) is 2.60. The third-order valence-corrected chi connectivity index (χ3v) is 3.60. The second-order valence-electron chi connectivity index (χ2n) is 4.89. The van der Waals surface area contributed by atoms with Crippen LogP contribution in [0, 0.1) is 5.41 Å². The van der Waals surface area contributed by atoms with Crippen LogP contribution < -0.4 is 10.6 Å². The smallest absolute Gasteiger partial charge is 0.226 e. The standard InChI is InChI=1S/C14H26N2O/c1-3-5-6-10-16-13(17)14(7-4-2)8-11-15-12-9-14/h3,5,15H,4,6-12H2,1-2H3,(H,16,17)/b5-3+. The van der Waals surface area contributed by atoms with E-state index in [1.807, 2.05) is 13.0 Å². The van der Waals surface area contributed by atoms with Crippen molar-refractivity contribution in [3.8, 4) is 0 Å². The maximum atomic E-state index is 12.3. The summed E-state index contributed by atoms with van der Waals surface area (Å²) < 4.78 is 0. The highest BCUT2D eigenvalue weighted by Crippen LogP contribution is 2.34. The summed E-state index contributed by atoms with van der Waals surface area (Å²) >= 11 is 0. The molecule has 0 aromatic carbocycles. The van der Waals surface area contributed by atoms with E-state index in [-0.39, 0.29) is 11.3 Å². The topological polar surface area (TPSA) is 41.1 Å². The van der Waals surface area contributed by atoms with E-state index < -0.39 is 0 Å². The van der Waals surface area contributed by atoms with Gasteiger partial charge in [-0.05, 0) is 45.7 Å². The van der Waals surface area contributed by atoms with Crippen molar-refractivity contribution in [1.82, 2.24) is 10.6 Å². The van der Waals surface area contributed by atoms with Crippen molar-refractivity contribution in [3.05, 3.63) is 12.2 Å². The van der Waals surface area contributed by atoms with Gasteiger partial charge in [-0.1, -0.05) is 25.5 Å². The first-order valence-corrected chi connectivity index (χ1v) is 6.85. The molecule has 1 saturated heterocycles. The first-order valence-electron chi connectivity index (χ1n) is 6.85. The largest absolute Gasteiger partial charge is 0.355 e. The SMILES string of the molecule is C/C=C/CCNC(=O)C1(CCC)CCNCC1. The van der Waals surface area contributed by atoms with Crippen LogP contribution in [0.1, 0.15) is 46.0 Å². The van der Waals surface area contributed by atoms with Gasteiger partial charge in [-0.3, -0.25) is 4.79 Å². The molecular formula is C14H26N2O. The molecule has 1 amide bonds. The third kappa shape index (κ3) is 4.15. The Kier molecular flexibility index (Phi) is 6.27. The van der Waals surface area contributed by atoms with Gasteiger partial charge in [0.15, 0.2) is 0 Å². The van der Waals surface area contributed by atoms with Crippen LogP contribution in [0.15, 0.2) is 12.2 Å². The van der Waals surface area contributed by atoms with E-state index in [0.29, 0.717) is 0 Å². The van der Waals surface area contributed by atoms with Crippen LogP contribution in [0.2, 0.25) is 0 Å². The van der Waals surface area contributed by atoms with Crippen molar-refractivity contribution < 1.29 is 4.79 Å². The van der Waals surface area contributed by atoms with Crippen LogP contribution in [-0.4, -0.2) is 25.5 Å². The second-order valence-corrected chi connectivity index (χ2v) is 4.89. The number of carbonyl (C=O) groups excluding carboxylic acids is 1. The lowest BCUT2D eigenvalue weighted by Gasteiger charge is -2.36. The number of nitrogens with one attached hydrogen (secondary N) is 2. The van der Waals surface area contributed by atoms with Gasteiger partial charge in [-0.25, -0.2) is 0 Å². The fourth-order valence-electron chi connectivity index (χ4n) is 2.60. The normalized spacial score (nSPS) is 19.4. The summed E-state index contributed by atoms with van der Waals surface area (Å²) in [4.78, 5) is 12.3. The molecule has 1 aliphatic rings. The summed E-state index contributed by atoms with van der Waals surface area (Å²) in [5.41, 5.74) is -0.101. The van der Waals surface area contributed by atoms with Crippen molar-refractivity contribution in [2.24, 2.45) is 5.41 Å². The number of piperidine rings is 1. The predicted octanol–water partition coefficient (Wildman–Crippen LogP) is 2.24. The minimum absolute atomic E-state index is 0.101. The van der Waals surface area contributed by atoms with E-state index in [9.17, 15) is 4.79 Å². The van der Waals surface area contributed by atoms with Gasteiger partial charge in [0.05, 0.1) is 5.41 Å². The average Bonchev–Trinajstić information content (AvgIpc) is 2.36. The van der Waals surface area contributed by atoms with E-state index in [2.05, 4.69) is 23.6 Å². The Morgan fingerprint density at radius 1 is 1.41 bits per heavy atom. The molecule has 98 valence electrons. The Labute approximate surface area is 105 Å². The highest BCUT2D eigenvalue weighted by molar-refractivity contribution is 5.82. The summed E-state index contributed by atoms with van der Waals surface area (Å²) in [6, 6.07) is 0. The molecule has 2 N–H and O–H groups in total. The highest BCUT2D eigenvalue weighted by Gasteiger charge is 2.38. The van der Waals surface area contributed by atoms with Gasteiger partial charge in [-0.2, -0.15) is 0 Å². The molecule has 0 unspecified atom stereocenters. The summed E-state index contributed by atoms with van der Waals surface area (Å²) in [6.07, 6.45) is 9.12. The molecule has 0 aliphatic carbocycles. The lowest BCUT2D eigenvalue weighted by Crippen LogP contribution is -2.47. The number of hydrogen-bond donors (Lipinski definition) is 2. The van der Waals surface area contributed by atoms with Crippen molar-refractivity contribution in [3.63, 3.8) is 0 Å². The zero-order valence-electron chi connectivity index (χ0n) is 11.2. The Morgan fingerprint density at radius 2 is 2.12 bits per heavy atom. The minimum atomic E-state index is -0.101. The predicted molar refractivity (Wildman–Crippen MR) is 71.9 cm³/mol. The number of hydrogen-bond acceptors (Lipinski definition) is 2. The average molecular weight is 238 g/mol. The van der Waals surface area contributed by atoms with Gasteiger partial charge in [0, 0.05) is 6.54 Å². The molecule has 17 heavy (non-hydrogen) atoms. The van der Waals surface area contributed by atoms with Gasteiger partial charge in [0.25, 0.3) is 0 Å². The van der Waals surface area contributed by atoms with Crippen LogP contribution in [0.4, 0.5) is 0 Å². The molecular weight excluding hydrogens is 212 g/mol. The summed E-state index contributed by atoms with van der Waals surface area (Å²) in [7, 11) is 0. The Balaban J connectivity index is 2.47. The molecule has 0 aromatic heterocycles. The van der Waals surface area contributed by atoms with Gasteiger partial charge >= 0.3 is 0 Å². The summed E-state index contributed by atoms with van der Waals surface area (Å²) in [5.74, 6) is 0.269. The monoisotopic (exact) mass is 238 g/mol. The van der Waals surface area contributed by atoms with E-state index in [1.54, 1.807) is 0 Å². The van der Waals surface area contributed by atoms with E-state index in [0.717, 1.165) is 51.7 Å². The van der Waals surface area contributed by atoms with Gasteiger partial charge in [0.2, 0.25) is 5.91 Å². The zero-order chi connectivity index (χ0) is 12.6. The quantitative estimate of drug-likeness (QED) is 0.550. The van der Waals surface area contributed by atoms with E-state index >= 15 is 0 Å². The van der Waals surface area contributed by atoms with E-state index in [1.165, 1.54) is 0 Å². The molecule has 1 aliphatic heterocycles. The zero-order valence-corrected chi connectivity index (χ0v) is 11.2. The van der Waals surface area contributed by atoms with Crippen molar-refractivity contribution >= 4 is 5.91 Å². The first kappa shape index (κ1) is 14.2. The Hall–Kier alpha value is -0.830. The fraction of sp³-hybridized carbons (Fsp3) is 0.786. The Morgan fingerprint density at radius 3 is 2.71 bits per heavy atom. The maximum Gasteiger partial charge on any atom is 0.226 e. The van der Waals surface area contributed by atoms with Crippen molar-refractivity contribution in [2.45, 2.75) is 46.0 Å². The van der Waals surface area contributed by atoms with Crippen molar-refractivity contribution in [2.75, 3.05) is 19.6 Å². The van der Waals surface area contributed by atoms with E-state index in [4.69, 9.17) is 0 Å². The minimum Gasteiger partial charge on any atom is -0.355 e. The maximum absolute atomic E-state index is 12.3. The first-order chi connectivity index (χ1) is 8.25. The lowest BCUT2D eigenvalue weighted by atomic mass is 9.74. The number of amides is 1. The third-order valence-electron chi connectivity index (χ3n) is 3.60. The summed E-state index contributed by atoms with van der Waals surface area (Å²) in [5, 5.41) is 6.43.